The van der Waals surface area contributed by atoms with Gasteiger partial charge < -0.3 is 14.4 Å². The first-order valence-corrected chi connectivity index (χ1v) is 5.91. The van der Waals surface area contributed by atoms with Crippen LogP contribution in [0.2, 0.25) is 0 Å². The van der Waals surface area contributed by atoms with Crippen LogP contribution >= 0.6 is 0 Å². The van der Waals surface area contributed by atoms with E-state index in [1.54, 1.807) is 0 Å². The Hall–Kier alpha value is -2.21. The molecular formula is C13H14N2O4. The lowest BCUT2D eigenvalue weighted by atomic mass is 10.1. The van der Waals surface area contributed by atoms with E-state index < -0.39 is 12.1 Å². The van der Waals surface area contributed by atoms with Crippen LogP contribution in [-0.2, 0) is 16.0 Å². The Labute approximate surface area is 110 Å². The van der Waals surface area contributed by atoms with Gasteiger partial charge in [0.05, 0.1) is 0 Å². The highest BCUT2D eigenvalue weighted by molar-refractivity contribution is 5.68. The Morgan fingerprint density at radius 2 is 2.16 bits per heavy atom. The maximum atomic E-state index is 10.6. The second kappa shape index (κ2) is 6.10. The highest BCUT2D eigenvalue weighted by Crippen LogP contribution is 2.23. The van der Waals surface area contributed by atoms with E-state index in [0.717, 1.165) is 5.56 Å². The van der Waals surface area contributed by atoms with Gasteiger partial charge in [-0.05, 0) is 12.5 Å². The van der Waals surface area contributed by atoms with E-state index in [4.69, 9.17) is 14.4 Å². The number of hydrogen-bond acceptors (Lipinski definition) is 5. The van der Waals surface area contributed by atoms with Crippen LogP contribution in [-0.4, -0.2) is 27.8 Å². The van der Waals surface area contributed by atoms with Gasteiger partial charge in [-0.1, -0.05) is 35.5 Å². The lowest BCUT2D eigenvalue weighted by molar-refractivity contribution is -0.136. The minimum Gasteiger partial charge on any atom is -0.481 e. The van der Waals surface area contributed by atoms with Gasteiger partial charge in [-0.3, -0.25) is 4.79 Å². The molecule has 0 aliphatic rings. The topological polar surface area (TPSA) is 85.5 Å². The smallest absolute Gasteiger partial charge is 0.312 e. The average molecular weight is 262 g/mol. The molecule has 1 aromatic heterocycles. The number of aliphatic carboxylic acids is 1. The third-order valence-corrected chi connectivity index (χ3v) is 2.46. The summed E-state index contributed by atoms with van der Waals surface area (Å²) in [6.07, 6.45) is -0.738. The van der Waals surface area contributed by atoms with Crippen LogP contribution in [0.15, 0.2) is 34.9 Å². The SMILES string of the molecule is CCOC(c1ccccc1)c1noc(CC(=O)O)n1. The van der Waals surface area contributed by atoms with E-state index in [1.165, 1.54) is 0 Å². The number of hydrogen-bond donors (Lipinski definition) is 1. The van der Waals surface area contributed by atoms with Crippen LogP contribution in [0.25, 0.3) is 0 Å². The second-order valence-corrected chi connectivity index (χ2v) is 3.86. The molecule has 100 valence electrons. The maximum absolute atomic E-state index is 10.6. The summed E-state index contributed by atoms with van der Waals surface area (Å²) < 4.78 is 10.5. The lowest BCUT2D eigenvalue weighted by Gasteiger charge is -2.13. The van der Waals surface area contributed by atoms with Crippen LogP contribution in [0, 0.1) is 0 Å². The number of nitrogens with zero attached hydrogens (tertiary/aromatic N) is 2. The summed E-state index contributed by atoms with van der Waals surface area (Å²) in [5.74, 6) is -0.602. The minimum absolute atomic E-state index is 0.0723. The zero-order chi connectivity index (χ0) is 13.7. The molecule has 1 N–H and O–H groups in total. The van der Waals surface area contributed by atoms with Gasteiger partial charge in [-0.2, -0.15) is 4.98 Å². The highest BCUT2D eigenvalue weighted by Gasteiger charge is 2.21. The molecule has 1 unspecified atom stereocenters. The van der Waals surface area contributed by atoms with Crippen LogP contribution in [0.5, 0.6) is 0 Å². The van der Waals surface area contributed by atoms with Crippen molar-refractivity contribution >= 4 is 5.97 Å². The van der Waals surface area contributed by atoms with Gasteiger partial charge in [0.2, 0.25) is 11.7 Å². The molecule has 2 aromatic rings. The summed E-state index contributed by atoms with van der Waals surface area (Å²) in [5.41, 5.74) is 0.895. The Bertz CT molecular complexity index is 539. The third-order valence-electron chi connectivity index (χ3n) is 2.46. The summed E-state index contributed by atoms with van der Waals surface area (Å²) in [5, 5.41) is 12.5. The zero-order valence-electron chi connectivity index (χ0n) is 10.4. The molecule has 0 radical (unpaired) electrons. The van der Waals surface area contributed by atoms with E-state index in [0.29, 0.717) is 12.4 Å². The van der Waals surface area contributed by atoms with Gasteiger partial charge in [0.15, 0.2) is 0 Å². The van der Waals surface area contributed by atoms with E-state index in [2.05, 4.69) is 10.1 Å². The van der Waals surface area contributed by atoms with Crippen molar-refractivity contribution in [3.63, 3.8) is 0 Å². The highest BCUT2D eigenvalue weighted by atomic mass is 16.5. The number of carboxylic acid groups (broad SMARTS) is 1. The van der Waals surface area contributed by atoms with Crippen molar-refractivity contribution in [3.05, 3.63) is 47.6 Å². The molecule has 0 spiro atoms. The van der Waals surface area contributed by atoms with Crippen molar-refractivity contribution in [1.29, 1.82) is 0 Å². The largest absolute Gasteiger partial charge is 0.481 e. The molecule has 1 atom stereocenters. The Kier molecular flexibility index (Phi) is 4.25. The molecule has 0 fully saturated rings. The van der Waals surface area contributed by atoms with Gasteiger partial charge in [0.25, 0.3) is 0 Å². The predicted octanol–water partition coefficient (Wildman–Crippen LogP) is 1.82. The fraction of sp³-hybridized carbons (Fsp3) is 0.308. The van der Waals surface area contributed by atoms with Crippen molar-refractivity contribution in [2.45, 2.75) is 19.4 Å². The fourth-order valence-electron chi connectivity index (χ4n) is 1.69. The lowest BCUT2D eigenvalue weighted by Crippen LogP contribution is -2.08. The average Bonchev–Trinajstić information content (AvgIpc) is 2.84. The summed E-state index contributed by atoms with van der Waals surface area (Å²) >= 11 is 0. The first-order chi connectivity index (χ1) is 9.20. The van der Waals surface area contributed by atoms with Crippen LogP contribution < -0.4 is 0 Å². The molecule has 1 aromatic carbocycles. The fourth-order valence-corrected chi connectivity index (χ4v) is 1.69. The molecule has 6 heteroatoms. The molecule has 0 aliphatic heterocycles. The third kappa shape index (κ3) is 3.38. The van der Waals surface area contributed by atoms with Crippen molar-refractivity contribution in [2.75, 3.05) is 6.61 Å². The minimum atomic E-state index is -1.01. The van der Waals surface area contributed by atoms with Crippen molar-refractivity contribution < 1.29 is 19.2 Å². The second-order valence-electron chi connectivity index (χ2n) is 3.86. The molecule has 0 saturated carbocycles. The monoisotopic (exact) mass is 262 g/mol. The molecule has 0 amide bonds. The molecule has 0 saturated heterocycles. The molecule has 2 rings (SSSR count). The number of aromatic nitrogens is 2. The Morgan fingerprint density at radius 1 is 1.42 bits per heavy atom. The van der Waals surface area contributed by atoms with E-state index >= 15 is 0 Å². The maximum Gasteiger partial charge on any atom is 0.312 e. The van der Waals surface area contributed by atoms with E-state index in [-0.39, 0.29) is 12.3 Å². The molecule has 1 heterocycles. The van der Waals surface area contributed by atoms with Gasteiger partial charge >= 0.3 is 5.97 Å². The van der Waals surface area contributed by atoms with Gasteiger partial charge in [-0.15, -0.1) is 0 Å². The van der Waals surface area contributed by atoms with Crippen LogP contribution in [0.1, 0.15) is 30.3 Å². The number of benzene rings is 1. The molecule has 19 heavy (non-hydrogen) atoms. The predicted molar refractivity (Wildman–Crippen MR) is 65.5 cm³/mol. The number of ether oxygens (including phenoxy) is 1. The van der Waals surface area contributed by atoms with Gasteiger partial charge in [0, 0.05) is 6.61 Å². The quantitative estimate of drug-likeness (QED) is 0.854. The summed E-state index contributed by atoms with van der Waals surface area (Å²) in [6.45, 7) is 2.36. The van der Waals surface area contributed by atoms with Crippen molar-refractivity contribution in [1.82, 2.24) is 10.1 Å². The Balaban J connectivity index is 2.24. The van der Waals surface area contributed by atoms with Gasteiger partial charge in [-0.25, -0.2) is 0 Å². The number of carbonyl (C=O) groups is 1. The first-order valence-electron chi connectivity index (χ1n) is 5.91. The van der Waals surface area contributed by atoms with Crippen molar-refractivity contribution in [3.8, 4) is 0 Å². The van der Waals surface area contributed by atoms with E-state index in [9.17, 15) is 4.79 Å². The Morgan fingerprint density at radius 3 is 2.79 bits per heavy atom. The van der Waals surface area contributed by atoms with Crippen LogP contribution in [0.4, 0.5) is 0 Å². The normalized spacial score (nSPS) is 12.3. The van der Waals surface area contributed by atoms with Crippen molar-refractivity contribution in [2.24, 2.45) is 0 Å². The van der Waals surface area contributed by atoms with Crippen LogP contribution in [0.3, 0.4) is 0 Å². The molecule has 6 nitrogen and oxygen atoms in total. The standard InChI is InChI=1S/C13H14N2O4/c1-2-18-12(9-6-4-3-5-7-9)13-14-10(19-15-13)8-11(16)17/h3-7,12H,2,8H2,1H3,(H,16,17). The summed E-state index contributed by atoms with van der Waals surface area (Å²) in [4.78, 5) is 14.6. The molecular weight excluding hydrogens is 248 g/mol. The van der Waals surface area contributed by atoms with E-state index in [1.807, 2.05) is 37.3 Å². The molecule has 0 bridgehead atoms. The number of carboxylic acids is 1. The molecule has 0 aliphatic carbocycles. The van der Waals surface area contributed by atoms with Gasteiger partial charge in [0.1, 0.15) is 12.5 Å². The first kappa shape index (κ1) is 13.2. The number of rotatable bonds is 6. The summed E-state index contributed by atoms with van der Waals surface area (Å²) in [6, 6.07) is 9.47. The zero-order valence-corrected chi connectivity index (χ0v) is 10.4. The summed E-state index contributed by atoms with van der Waals surface area (Å²) in [7, 11) is 0.